The summed E-state index contributed by atoms with van der Waals surface area (Å²) in [6, 6.07) is 8.61. The average molecular weight is 326 g/mol. The third-order valence-corrected chi connectivity index (χ3v) is 2.67. The van der Waals surface area contributed by atoms with Crippen molar-refractivity contribution >= 4 is 35.0 Å². The zero-order valence-electron chi connectivity index (χ0n) is 8.53. The highest BCUT2D eigenvalue weighted by Gasteiger charge is 2.07. The fourth-order valence-electron chi connectivity index (χ4n) is 1.38. The zero-order valence-corrected chi connectivity index (χ0v) is 11.5. The first-order valence-corrected chi connectivity index (χ1v) is 5.68. The van der Waals surface area contributed by atoms with E-state index in [0.717, 1.165) is 6.42 Å². The molecule has 1 rings (SSSR count). The van der Waals surface area contributed by atoms with Gasteiger partial charge in [-0.1, -0.05) is 26.0 Å². The molecule has 1 nitrogen and oxygen atoms in total. The molecule has 1 aromatic rings. The lowest BCUT2D eigenvalue weighted by Gasteiger charge is -2.14. The Morgan fingerprint density at radius 1 is 1.36 bits per heavy atom. The van der Waals surface area contributed by atoms with E-state index in [1.165, 1.54) is 9.13 Å². The summed E-state index contributed by atoms with van der Waals surface area (Å²) in [5.74, 6) is 0.660. The van der Waals surface area contributed by atoms with Crippen molar-refractivity contribution in [1.82, 2.24) is 0 Å². The largest absolute Gasteiger partial charge is 0.324 e. The fourth-order valence-corrected chi connectivity index (χ4v) is 1.95. The summed E-state index contributed by atoms with van der Waals surface area (Å²) in [6.07, 6.45) is 1.06. The summed E-state index contributed by atoms with van der Waals surface area (Å²) >= 11 is 2.32. The van der Waals surface area contributed by atoms with Crippen LogP contribution < -0.4 is 5.73 Å². The number of benzene rings is 1. The monoisotopic (exact) mass is 325 g/mol. The molecule has 0 fully saturated rings. The van der Waals surface area contributed by atoms with Gasteiger partial charge < -0.3 is 5.73 Å². The number of nitrogens with two attached hydrogens (primary N) is 1. The summed E-state index contributed by atoms with van der Waals surface area (Å²) < 4.78 is 1.26. The molecule has 0 spiro atoms. The van der Waals surface area contributed by atoms with Gasteiger partial charge in [-0.3, -0.25) is 0 Å². The first-order chi connectivity index (χ1) is 6.09. The molecule has 0 bridgehead atoms. The Morgan fingerprint density at radius 2 is 2.00 bits per heavy atom. The van der Waals surface area contributed by atoms with Gasteiger partial charge in [0.2, 0.25) is 0 Å². The fraction of sp³-hybridized carbons (Fsp3) is 0.455. The van der Waals surface area contributed by atoms with Gasteiger partial charge in [-0.05, 0) is 52.6 Å². The Morgan fingerprint density at radius 3 is 2.50 bits per heavy atom. The molecule has 1 atom stereocenters. The lowest BCUT2D eigenvalue weighted by Crippen LogP contribution is -2.12. The molecule has 80 valence electrons. The van der Waals surface area contributed by atoms with Gasteiger partial charge in [0, 0.05) is 9.61 Å². The molecule has 0 aliphatic rings. The molecular weight excluding hydrogens is 308 g/mol. The van der Waals surface area contributed by atoms with E-state index in [1.54, 1.807) is 0 Å². The third-order valence-electron chi connectivity index (χ3n) is 2.00. The third kappa shape index (κ3) is 4.62. The van der Waals surface area contributed by atoms with E-state index >= 15 is 0 Å². The Balaban J connectivity index is 0.00000169. The van der Waals surface area contributed by atoms with Crippen LogP contribution in [0, 0.1) is 9.49 Å². The van der Waals surface area contributed by atoms with Crippen LogP contribution in [0.1, 0.15) is 31.9 Å². The van der Waals surface area contributed by atoms with Gasteiger partial charge in [0.05, 0.1) is 0 Å². The minimum Gasteiger partial charge on any atom is -0.324 e. The maximum absolute atomic E-state index is 6.06. The summed E-state index contributed by atoms with van der Waals surface area (Å²) in [5.41, 5.74) is 7.31. The maximum Gasteiger partial charge on any atom is 0.0297 e. The van der Waals surface area contributed by atoms with Crippen LogP contribution in [0.3, 0.4) is 0 Å². The molecule has 0 aliphatic carbocycles. The summed E-state index contributed by atoms with van der Waals surface area (Å²) in [4.78, 5) is 0. The van der Waals surface area contributed by atoms with E-state index < -0.39 is 0 Å². The minimum atomic E-state index is 0. The van der Waals surface area contributed by atoms with Crippen molar-refractivity contribution in [2.24, 2.45) is 11.7 Å². The molecular formula is C11H17ClIN. The molecule has 2 N–H and O–H groups in total. The number of rotatable bonds is 3. The highest BCUT2D eigenvalue weighted by atomic mass is 127. The van der Waals surface area contributed by atoms with Crippen molar-refractivity contribution in [3.8, 4) is 0 Å². The lowest BCUT2D eigenvalue weighted by atomic mass is 9.98. The number of hydrogen-bond donors (Lipinski definition) is 1. The van der Waals surface area contributed by atoms with Crippen molar-refractivity contribution in [1.29, 1.82) is 0 Å². The van der Waals surface area contributed by atoms with Crippen LogP contribution in [0.15, 0.2) is 24.3 Å². The Labute approximate surface area is 106 Å². The molecule has 0 aromatic heterocycles. The second kappa shape index (κ2) is 6.64. The second-order valence-electron chi connectivity index (χ2n) is 3.79. The van der Waals surface area contributed by atoms with Crippen LogP contribution in [0.4, 0.5) is 0 Å². The Hall–Kier alpha value is 0.200. The minimum absolute atomic E-state index is 0. The van der Waals surface area contributed by atoms with Gasteiger partial charge in [0.15, 0.2) is 0 Å². The van der Waals surface area contributed by atoms with E-state index in [4.69, 9.17) is 5.73 Å². The zero-order chi connectivity index (χ0) is 9.84. The van der Waals surface area contributed by atoms with Gasteiger partial charge in [-0.15, -0.1) is 12.4 Å². The van der Waals surface area contributed by atoms with E-state index in [1.807, 2.05) is 0 Å². The normalized spacial score (nSPS) is 12.4. The molecule has 1 aromatic carbocycles. The first kappa shape index (κ1) is 14.2. The molecule has 0 unspecified atom stereocenters. The van der Waals surface area contributed by atoms with Crippen molar-refractivity contribution in [2.75, 3.05) is 0 Å². The van der Waals surface area contributed by atoms with Gasteiger partial charge in [-0.25, -0.2) is 0 Å². The van der Waals surface area contributed by atoms with Gasteiger partial charge in [0.1, 0.15) is 0 Å². The molecule has 3 heteroatoms. The molecule has 0 amide bonds. The predicted molar refractivity (Wildman–Crippen MR) is 72.8 cm³/mol. The van der Waals surface area contributed by atoms with Crippen molar-refractivity contribution in [3.05, 3.63) is 33.4 Å². The Bertz CT molecular complexity index is 276. The van der Waals surface area contributed by atoms with Crippen molar-refractivity contribution < 1.29 is 0 Å². The highest BCUT2D eigenvalue weighted by Crippen LogP contribution is 2.19. The van der Waals surface area contributed by atoms with E-state index in [0.29, 0.717) is 5.92 Å². The SMILES string of the molecule is CC(C)C[C@@H](N)c1cccc(I)c1.Cl. The molecule has 0 aliphatic heterocycles. The van der Waals surface area contributed by atoms with E-state index in [2.05, 4.69) is 60.7 Å². The average Bonchev–Trinajstić information content (AvgIpc) is 2.03. The van der Waals surface area contributed by atoms with Crippen LogP contribution in [0.25, 0.3) is 0 Å². The Kier molecular flexibility index (Phi) is 6.74. The molecule has 0 saturated heterocycles. The molecule has 14 heavy (non-hydrogen) atoms. The second-order valence-corrected chi connectivity index (χ2v) is 5.04. The van der Waals surface area contributed by atoms with Crippen LogP contribution in [0.5, 0.6) is 0 Å². The first-order valence-electron chi connectivity index (χ1n) is 4.60. The summed E-state index contributed by atoms with van der Waals surface area (Å²) in [7, 11) is 0. The van der Waals surface area contributed by atoms with Crippen LogP contribution >= 0.6 is 35.0 Å². The van der Waals surface area contributed by atoms with E-state index in [9.17, 15) is 0 Å². The lowest BCUT2D eigenvalue weighted by molar-refractivity contribution is 0.510. The molecule has 0 radical (unpaired) electrons. The summed E-state index contributed by atoms with van der Waals surface area (Å²) in [5, 5.41) is 0. The van der Waals surface area contributed by atoms with Crippen LogP contribution in [0.2, 0.25) is 0 Å². The number of halogens is 2. The highest BCUT2D eigenvalue weighted by molar-refractivity contribution is 14.1. The maximum atomic E-state index is 6.06. The summed E-state index contributed by atoms with van der Waals surface area (Å²) in [6.45, 7) is 4.40. The predicted octanol–water partition coefficient (Wildman–Crippen LogP) is 3.76. The standard InChI is InChI=1S/C11H16IN.ClH/c1-8(2)6-11(13)9-4-3-5-10(12)7-9;/h3-5,7-8,11H,6,13H2,1-2H3;1H/t11-;/m1./s1. The van der Waals surface area contributed by atoms with Crippen molar-refractivity contribution in [3.63, 3.8) is 0 Å². The quantitative estimate of drug-likeness (QED) is 0.841. The van der Waals surface area contributed by atoms with Crippen LogP contribution in [-0.2, 0) is 0 Å². The number of hydrogen-bond acceptors (Lipinski definition) is 1. The van der Waals surface area contributed by atoms with E-state index in [-0.39, 0.29) is 18.4 Å². The van der Waals surface area contributed by atoms with Gasteiger partial charge in [0.25, 0.3) is 0 Å². The van der Waals surface area contributed by atoms with Crippen LogP contribution in [-0.4, -0.2) is 0 Å². The molecule has 0 heterocycles. The van der Waals surface area contributed by atoms with Gasteiger partial charge in [-0.2, -0.15) is 0 Å². The topological polar surface area (TPSA) is 26.0 Å². The smallest absolute Gasteiger partial charge is 0.0297 e. The van der Waals surface area contributed by atoms with Crippen molar-refractivity contribution in [2.45, 2.75) is 26.3 Å². The van der Waals surface area contributed by atoms with Gasteiger partial charge >= 0.3 is 0 Å². The molecule has 0 saturated carbocycles.